The van der Waals surface area contributed by atoms with Gasteiger partial charge in [0.05, 0.1) is 11.2 Å². The third-order valence-electron chi connectivity index (χ3n) is 6.75. The van der Waals surface area contributed by atoms with Crippen molar-refractivity contribution >= 4 is 25.1 Å². The Kier molecular flexibility index (Phi) is 11.0. The molecule has 0 aliphatic heterocycles. The minimum absolute atomic E-state index is 0.233. The molecule has 0 amide bonds. The van der Waals surface area contributed by atoms with Crippen LogP contribution in [-0.4, -0.2) is 19.5 Å². The standard InChI is InChI=1S/C34H52O2Si2/c1-13-16-27(14-2)28-18-15-17-25(23-28)19-20-26-21-22-29(33(9,10)35-37-31(3,4)5)30(24-26)34(11,12)36-38-32(6,7)8/h1,15-18,21-24H,14,19-20,37-38H2,2-12H3. The summed E-state index contributed by atoms with van der Waals surface area (Å²) in [5.41, 5.74) is 6.89. The molecule has 0 saturated heterocycles. The summed E-state index contributed by atoms with van der Waals surface area (Å²) >= 11 is 0. The lowest BCUT2D eigenvalue weighted by Gasteiger charge is -2.38. The molecule has 2 nitrogen and oxygen atoms in total. The van der Waals surface area contributed by atoms with Crippen LogP contribution in [0.2, 0.25) is 10.1 Å². The van der Waals surface area contributed by atoms with Crippen molar-refractivity contribution in [2.45, 2.75) is 117 Å². The van der Waals surface area contributed by atoms with Gasteiger partial charge in [-0.05, 0) is 96.5 Å². The third kappa shape index (κ3) is 10.0. The topological polar surface area (TPSA) is 18.5 Å². The minimum atomic E-state index is -0.728. The fourth-order valence-electron chi connectivity index (χ4n) is 4.42. The van der Waals surface area contributed by atoms with Gasteiger partial charge in [-0.2, -0.15) is 0 Å². The molecule has 0 aliphatic rings. The second kappa shape index (κ2) is 13.0. The average Bonchev–Trinajstić information content (AvgIpc) is 2.83. The van der Waals surface area contributed by atoms with E-state index in [0.717, 1.165) is 19.3 Å². The summed E-state index contributed by atoms with van der Waals surface area (Å²) in [7, 11) is -1.44. The van der Waals surface area contributed by atoms with Gasteiger partial charge < -0.3 is 8.85 Å². The van der Waals surface area contributed by atoms with Crippen LogP contribution in [0.1, 0.15) is 110 Å². The zero-order valence-corrected chi connectivity index (χ0v) is 28.9. The van der Waals surface area contributed by atoms with Gasteiger partial charge in [0, 0.05) is 0 Å². The Balaban J connectivity index is 2.40. The van der Waals surface area contributed by atoms with Crippen LogP contribution in [0, 0.1) is 12.3 Å². The van der Waals surface area contributed by atoms with E-state index in [1.54, 1.807) is 0 Å². The molecule has 0 radical (unpaired) electrons. The summed E-state index contributed by atoms with van der Waals surface area (Å²) in [5.74, 6) is 2.69. The second-order valence-electron chi connectivity index (χ2n) is 14.0. The number of aryl methyl sites for hydroxylation is 2. The minimum Gasteiger partial charge on any atom is -0.415 e. The van der Waals surface area contributed by atoms with Crippen LogP contribution in [0.15, 0.2) is 48.5 Å². The number of terminal acetylenes is 1. The number of rotatable bonds is 11. The third-order valence-corrected chi connectivity index (χ3v) is 10.2. The Hall–Kier alpha value is -1.91. The molecule has 2 rings (SSSR count). The Labute approximate surface area is 238 Å². The molecule has 0 heterocycles. The van der Waals surface area contributed by atoms with Crippen molar-refractivity contribution in [3.63, 3.8) is 0 Å². The van der Waals surface area contributed by atoms with Gasteiger partial charge in [0.2, 0.25) is 0 Å². The van der Waals surface area contributed by atoms with E-state index in [9.17, 15) is 0 Å². The van der Waals surface area contributed by atoms with Crippen LogP contribution in [0.5, 0.6) is 0 Å². The van der Waals surface area contributed by atoms with E-state index in [1.807, 2.05) is 6.08 Å². The van der Waals surface area contributed by atoms with Gasteiger partial charge in [0.15, 0.2) is 19.5 Å². The first-order valence-corrected chi connectivity index (χ1v) is 16.7. The lowest BCUT2D eigenvalue weighted by atomic mass is 9.84. The van der Waals surface area contributed by atoms with Crippen molar-refractivity contribution in [2.75, 3.05) is 0 Å². The van der Waals surface area contributed by atoms with Crippen molar-refractivity contribution in [2.24, 2.45) is 0 Å². The Morgan fingerprint density at radius 1 is 0.763 bits per heavy atom. The molecular weight excluding hydrogens is 497 g/mol. The van der Waals surface area contributed by atoms with Gasteiger partial charge in [0.1, 0.15) is 0 Å². The average molecular weight is 549 g/mol. The van der Waals surface area contributed by atoms with Crippen molar-refractivity contribution in [3.8, 4) is 12.3 Å². The maximum Gasteiger partial charge on any atom is 0.168 e. The van der Waals surface area contributed by atoms with Crippen LogP contribution in [0.4, 0.5) is 0 Å². The molecule has 208 valence electrons. The SMILES string of the molecule is C#CC=C(CC)c1cccc(CCc2ccc(C(C)(C)O[SiH2]C(C)(C)C)c(C(C)(C)O[SiH2]C(C)(C)C)c2)c1. The Morgan fingerprint density at radius 2 is 1.29 bits per heavy atom. The van der Waals surface area contributed by atoms with E-state index in [2.05, 4.69) is 125 Å². The fraction of sp³-hybridized carbons (Fsp3) is 0.529. The highest BCUT2D eigenvalue weighted by Crippen LogP contribution is 2.39. The van der Waals surface area contributed by atoms with Crippen molar-refractivity contribution in [1.29, 1.82) is 0 Å². The highest BCUT2D eigenvalue weighted by Gasteiger charge is 2.33. The molecule has 0 saturated carbocycles. The molecule has 4 heteroatoms. The molecule has 0 aromatic heterocycles. The van der Waals surface area contributed by atoms with Crippen LogP contribution in [-0.2, 0) is 32.9 Å². The Morgan fingerprint density at radius 3 is 1.79 bits per heavy atom. The molecular formula is C34H52O2Si2. The van der Waals surface area contributed by atoms with E-state index in [1.165, 1.54) is 33.4 Å². The lowest BCUT2D eigenvalue weighted by molar-refractivity contribution is 0.0829. The molecule has 0 bridgehead atoms. The normalized spacial score (nSPS) is 14.1. The Bertz CT molecular complexity index is 1140. The number of hydrogen-bond donors (Lipinski definition) is 0. The van der Waals surface area contributed by atoms with Crippen LogP contribution >= 0.6 is 0 Å². The van der Waals surface area contributed by atoms with Gasteiger partial charge in [-0.1, -0.05) is 96.9 Å². The van der Waals surface area contributed by atoms with Gasteiger partial charge in [-0.15, -0.1) is 6.42 Å². The molecule has 0 fully saturated rings. The summed E-state index contributed by atoms with van der Waals surface area (Å²) in [4.78, 5) is 0. The van der Waals surface area contributed by atoms with Gasteiger partial charge in [0.25, 0.3) is 0 Å². The molecule has 0 atom stereocenters. The van der Waals surface area contributed by atoms with E-state index >= 15 is 0 Å². The zero-order valence-electron chi connectivity index (χ0n) is 26.0. The van der Waals surface area contributed by atoms with Crippen LogP contribution < -0.4 is 0 Å². The maximum absolute atomic E-state index is 6.73. The monoisotopic (exact) mass is 548 g/mol. The van der Waals surface area contributed by atoms with Crippen molar-refractivity contribution in [1.82, 2.24) is 0 Å². The zero-order chi connectivity index (χ0) is 28.8. The van der Waals surface area contributed by atoms with Gasteiger partial charge in [-0.25, -0.2) is 0 Å². The molecule has 0 aliphatic carbocycles. The van der Waals surface area contributed by atoms with Crippen LogP contribution in [0.25, 0.3) is 5.57 Å². The van der Waals surface area contributed by atoms with Crippen molar-refractivity contribution < 1.29 is 8.85 Å². The highest BCUT2D eigenvalue weighted by atomic mass is 28.2. The van der Waals surface area contributed by atoms with Crippen LogP contribution in [0.3, 0.4) is 0 Å². The smallest absolute Gasteiger partial charge is 0.168 e. The first-order chi connectivity index (χ1) is 17.5. The predicted molar refractivity (Wildman–Crippen MR) is 172 cm³/mol. The summed E-state index contributed by atoms with van der Waals surface area (Å²) < 4.78 is 13.4. The quantitative estimate of drug-likeness (QED) is 0.209. The number of hydrogen-bond acceptors (Lipinski definition) is 2. The summed E-state index contributed by atoms with van der Waals surface area (Å²) in [6.07, 6.45) is 10.3. The number of allylic oxidation sites excluding steroid dienone is 2. The number of benzene rings is 2. The van der Waals surface area contributed by atoms with E-state index in [4.69, 9.17) is 15.3 Å². The summed E-state index contributed by atoms with van der Waals surface area (Å²) in [5, 5.41) is 0.473. The molecule has 2 aromatic rings. The van der Waals surface area contributed by atoms with Gasteiger partial charge in [-0.3, -0.25) is 0 Å². The largest absolute Gasteiger partial charge is 0.415 e. The lowest BCUT2D eigenvalue weighted by Crippen LogP contribution is -2.34. The van der Waals surface area contributed by atoms with Gasteiger partial charge >= 0.3 is 0 Å². The molecule has 38 heavy (non-hydrogen) atoms. The summed E-state index contributed by atoms with van der Waals surface area (Å²) in [6.45, 7) is 24.8. The first kappa shape index (κ1) is 32.3. The first-order valence-electron chi connectivity index (χ1n) is 14.1. The second-order valence-corrected chi connectivity index (χ2v) is 19.4. The van der Waals surface area contributed by atoms with Crippen molar-refractivity contribution in [3.05, 3.63) is 76.4 Å². The molecule has 0 N–H and O–H groups in total. The van der Waals surface area contributed by atoms with E-state index in [0.29, 0.717) is 0 Å². The molecule has 0 unspecified atom stereocenters. The van der Waals surface area contributed by atoms with E-state index < -0.39 is 19.5 Å². The fourth-order valence-corrected chi connectivity index (χ4v) is 6.32. The highest BCUT2D eigenvalue weighted by molar-refractivity contribution is 6.32. The summed E-state index contributed by atoms with van der Waals surface area (Å²) in [6, 6.07) is 15.8. The molecule has 0 spiro atoms. The van der Waals surface area contributed by atoms with E-state index in [-0.39, 0.29) is 21.3 Å². The maximum atomic E-state index is 6.73. The predicted octanol–water partition coefficient (Wildman–Crippen LogP) is 8.01. The molecule has 2 aromatic carbocycles.